The van der Waals surface area contributed by atoms with Crippen molar-refractivity contribution in [1.82, 2.24) is 30.2 Å². The fourth-order valence-electron chi connectivity index (χ4n) is 5.30. The van der Waals surface area contributed by atoms with Crippen LogP contribution in [0.15, 0.2) is 48.5 Å². The summed E-state index contributed by atoms with van der Waals surface area (Å²) in [5.41, 5.74) is 4.27. The Balaban J connectivity index is 1.31. The third-order valence-electron chi connectivity index (χ3n) is 7.99. The van der Waals surface area contributed by atoms with E-state index in [0.717, 1.165) is 40.9 Å². The van der Waals surface area contributed by atoms with Crippen LogP contribution in [0.4, 0.5) is 0 Å². The third kappa shape index (κ3) is 11.7. The largest absolute Gasteiger partial charge is 0.465 e. The number of H-pyrrole nitrogens is 1. The summed E-state index contributed by atoms with van der Waals surface area (Å²) in [6.07, 6.45) is 1.81. The number of benzene rings is 2. The van der Waals surface area contributed by atoms with E-state index in [-0.39, 0.29) is 31.2 Å². The van der Waals surface area contributed by atoms with Crippen LogP contribution in [0, 0.1) is 26.1 Å². The molecule has 0 aliphatic heterocycles. The average molecular weight is 743 g/mol. The van der Waals surface area contributed by atoms with Gasteiger partial charge in [-0.1, -0.05) is 80.4 Å². The van der Waals surface area contributed by atoms with E-state index in [2.05, 4.69) is 42.2 Å². The fraction of sp³-hybridized carbons (Fsp3) is 0.455. The summed E-state index contributed by atoms with van der Waals surface area (Å²) in [4.78, 5) is 59.3. The zero-order chi connectivity index (χ0) is 37.5. The fourth-order valence-corrected chi connectivity index (χ4v) is 5.55. The quantitative estimate of drug-likeness (QED) is 0.0464. The van der Waals surface area contributed by atoms with Crippen LogP contribution in [0.2, 0.25) is 5.15 Å². The van der Waals surface area contributed by atoms with Gasteiger partial charge in [-0.3, -0.25) is 9.59 Å². The molecule has 0 radical (unpaired) electrons. The molecule has 0 saturated carbocycles. The molecule has 0 aliphatic carbocycles. The van der Waals surface area contributed by atoms with E-state index >= 15 is 0 Å². The number of imidazole rings is 1. The molecule has 0 aliphatic rings. The van der Waals surface area contributed by atoms with Crippen molar-refractivity contribution >= 4 is 23.5 Å². The SMILES string of the molecule is CCCCc1nc(Cl)c(COC(=O)CC(C)C(=O)OCCCCC(CO[N+](=O)[O-])O[N+](=O)[O-])n1Cc1ccc(-c2ccccc2-c2nn[nH]n2)cc1. The van der Waals surface area contributed by atoms with Gasteiger partial charge in [-0.25, -0.2) is 4.98 Å². The van der Waals surface area contributed by atoms with Gasteiger partial charge in [0.2, 0.25) is 5.82 Å². The minimum absolute atomic E-state index is 0.0267. The standard InChI is InChI=1S/C33H39ClN8O10/c1-3-4-12-29-35-31(34)28(40(29)19-23-13-15-24(16-14-23)26-10-5-6-11-27(26)32-36-38-39-37-32)21-50-30(43)18-22(2)33(44)49-17-8-7-9-25(52-42(47)48)20-51-41(45)46/h5-6,10-11,13-16,22,25H,3-4,7-9,12,17-21H2,1-2H3,(H,36,37,38,39). The van der Waals surface area contributed by atoms with Gasteiger partial charge in [0.05, 0.1) is 24.6 Å². The molecule has 52 heavy (non-hydrogen) atoms. The maximum absolute atomic E-state index is 12.8. The molecule has 0 fully saturated rings. The number of hydrogen-bond donors (Lipinski definition) is 1. The molecule has 4 rings (SSSR count). The number of aromatic amines is 1. The second-order valence-electron chi connectivity index (χ2n) is 11.8. The highest BCUT2D eigenvalue weighted by molar-refractivity contribution is 6.30. The summed E-state index contributed by atoms with van der Waals surface area (Å²) in [6.45, 7) is 3.26. The lowest BCUT2D eigenvalue weighted by molar-refractivity contribution is -0.790. The Bertz CT molecular complexity index is 1790. The lowest BCUT2D eigenvalue weighted by atomic mass is 9.98. The van der Waals surface area contributed by atoms with Gasteiger partial charge in [0.15, 0.2) is 5.15 Å². The van der Waals surface area contributed by atoms with Crippen LogP contribution in [-0.4, -0.2) is 71.6 Å². The van der Waals surface area contributed by atoms with Crippen LogP contribution in [0.3, 0.4) is 0 Å². The smallest absolute Gasteiger partial charge is 0.309 e. The molecule has 0 bridgehead atoms. The molecule has 0 spiro atoms. The van der Waals surface area contributed by atoms with E-state index in [4.69, 9.17) is 21.1 Å². The van der Waals surface area contributed by atoms with Gasteiger partial charge in [0, 0.05) is 18.5 Å². The van der Waals surface area contributed by atoms with Gasteiger partial charge in [-0.2, -0.15) is 5.21 Å². The van der Waals surface area contributed by atoms with E-state index in [0.29, 0.717) is 37.3 Å². The molecule has 2 aromatic carbocycles. The number of ether oxygens (including phenoxy) is 2. The number of carbonyl (C=O) groups excluding carboxylic acids is 2. The van der Waals surface area contributed by atoms with Gasteiger partial charge in [0.1, 0.15) is 25.1 Å². The molecular formula is C33H39ClN8O10. The first-order chi connectivity index (χ1) is 25.0. The minimum Gasteiger partial charge on any atom is -0.465 e. The number of nitrogens with one attached hydrogen (secondary N) is 1. The van der Waals surface area contributed by atoms with Crippen LogP contribution in [-0.2, 0) is 48.3 Å². The number of unbranched alkanes of at least 4 members (excludes halogenated alkanes) is 2. The Morgan fingerprint density at radius 3 is 2.42 bits per heavy atom. The van der Waals surface area contributed by atoms with Crippen LogP contribution in [0.25, 0.3) is 22.5 Å². The summed E-state index contributed by atoms with van der Waals surface area (Å²) in [5.74, 6) is -0.800. The van der Waals surface area contributed by atoms with Crippen molar-refractivity contribution in [2.24, 2.45) is 5.92 Å². The van der Waals surface area contributed by atoms with E-state index < -0.39 is 40.7 Å². The molecule has 4 aromatic rings. The average Bonchev–Trinajstić information content (AvgIpc) is 3.76. The highest BCUT2D eigenvalue weighted by atomic mass is 35.5. The summed E-state index contributed by atoms with van der Waals surface area (Å²) < 4.78 is 12.7. The number of aryl methyl sites for hydroxylation is 1. The maximum Gasteiger partial charge on any atom is 0.309 e. The topological polar surface area (TPSA) is 230 Å². The first-order valence-corrected chi connectivity index (χ1v) is 17.0. The van der Waals surface area contributed by atoms with Crippen molar-refractivity contribution in [2.75, 3.05) is 13.2 Å². The molecule has 0 amide bonds. The molecular weight excluding hydrogens is 704 g/mol. The summed E-state index contributed by atoms with van der Waals surface area (Å²) in [7, 11) is 0. The van der Waals surface area contributed by atoms with Crippen molar-refractivity contribution in [2.45, 2.75) is 78.0 Å². The minimum atomic E-state index is -1.14. The van der Waals surface area contributed by atoms with E-state index in [1.165, 1.54) is 6.92 Å². The third-order valence-corrected chi connectivity index (χ3v) is 8.29. The second kappa shape index (κ2) is 19.7. The zero-order valence-electron chi connectivity index (χ0n) is 28.6. The van der Waals surface area contributed by atoms with E-state index in [1.807, 2.05) is 53.1 Å². The Kier molecular flexibility index (Phi) is 14.8. The molecule has 2 unspecified atom stereocenters. The number of nitrogens with zero attached hydrogens (tertiary/aromatic N) is 7. The lowest BCUT2D eigenvalue weighted by Gasteiger charge is -2.15. The van der Waals surface area contributed by atoms with Crippen molar-refractivity contribution in [3.8, 4) is 22.5 Å². The number of aromatic nitrogens is 6. The highest BCUT2D eigenvalue weighted by Gasteiger charge is 2.23. The zero-order valence-corrected chi connectivity index (χ0v) is 29.4. The van der Waals surface area contributed by atoms with Gasteiger partial charge >= 0.3 is 11.9 Å². The predicted octanol–water partition coefficient (Wildman–Crippen LogP) is 5.34. The van der Waals surface area contributed by atoms with Crippen LogP contribution in [0.5, 0.6) is 0 Å². The molecule has 18 nitrogen and oxygen atoms in total. The number of halogens is 1. The van der Waals surface area contributed by atoms with E-state index in [1.54, 1.807) is 0 Å². The van der Waals surface area contributed by atoms with Crippen molar-refractivity contribution in [1.29, 1.82) is 0 Å². The number of carbonyl (C=O) groups is 2. The maximum atomic E-state index is 12.8. The predicted molar refractivity (Wildman–Crippen MR) is 183 cm³/mol. The molecule has 1 N–H and O–H groups in total. The molecule has 278 valence electrons. The summed E-state index contributed by atoms with van der Waals surface area (Å²) in [5, 5.41) is 33.5. The first kappa shape index (κ1) is 39.1. The normalized spacial score (nSPS) is 12.1. The molecule has 2 aromatic heterocycles. The Morgan fingerprint density at radius 2 is 1.75 bits per heavy atom. The first-order valence-electron chi connectivity index (χ1n) is 16.6. The number of tetrazole rings is 1. The van der Waals surface area contributed by atoms with Crippen LogP contribution in [0.1, 0.15) is 69.5 Å². The highest BCUT2D eigenvalue weighted by Crippen LogP contribution is 2.30. The number of esters is 2. The second-order valence-corrected chi connectivity index (χ2v) is 12.2. The summed E-state index contributed by atoms with van der Waals surface area (Å²) in [6, 6.07) is 15.8. The van der Waals surface area contributed by atoms with Crippen LogP contribution < -0.4 is 0 Å². The Labute approximate surface area is 303 Å². The van der Waals surface area contributed by atoms with Crippen molar-refractivity contribution in [3.63, 3.8) is 0 Å². The van der Waals surface area contributed by atoms with E-state index in [9.17, 15) is 29.8 Å². The Hall–Kier alpha value is -5.65. The van der Waals surface area contributed by atoms with Gasteiger partial charge in [-0.15, -0.1) is 30.4 Å². The molecule has 2 atom stereocenters. The monoisotopic (exact) mass is 742 g/mol. The van der Waals surface area contributed by atoms with Crippen molar-refractivity contribution < 1.29 is 38.9 Å². The number of hydrogen-bond acceptors (Lipinski definition) is 14. The lowest BCUT2D eigenvalue weighted by Crippen LogP contribution is -2.25. The molecule has 19 heteroatoms. The van der Waals surface area contributed by atoms with Crippen molar-refractivity contribution in [3.05, 3.63) is 91.0 Å². The van der Waals surface area contributed by atoms with Gasteiger partial charge in [-0.05, 0) is 47.6 Å². The van der Waals surface area contributed by atoms with Gasteiger partial charge < -0.3 is 23.7 Å². The summed E-state index contributed by atoms with van der Waals surface area (Å²) >= 11 is 6.57. The molecule has 2 heterocycles. The molecule has 0 saturated heterocycles. The Morgan fingerprint density at radius 1 is 1.00 bits per heavy atom. The number of rotatable bonds is 22. The van der Waals surface area contributed by atoms with Gasteiger partial charge in [0.25, 0.3) is 10.2 Å². The van der Waals surface area contributed by atoms with Crippen LogP contribution >= 0.6 is 11.6 Å².